The largest absolute Gasteiger partial charge is 1.00 e. The van der Waals surface area contributed by atoms with Crippen LogP contribution in [0.2, 0.25) is 0 Å². The summed E-state index contributed by atoms with van der Waals surface area (Å²) < 4.78 is 41.2. The van der Waals surface area contributed by atoms with Crippen LogP contribution in [-0.2, 0) is 24.4 Å². The van der Waals surface area contributed by atoms with E-state index in [1.807, 2.05) is 0 Å². The van der Waals surface area contributed by atoms with Crippen molar-refractivity contribution in [2.45, 2.75) is 42.7 Å². The molecular formula is C20H30N3NaO10S. The molecule has 35 heavy (non-hydrogen) atoms. The molecule has 15 heteroatoms. The van der Waals surface area contributed by atoms with Crippen LogP contribution in [0.15, 0.2) is 23.1 Å². The van der Waals surface area contributed by atoms with Crippen LogP contribution in [0.25, 0.3) is 0 Å². The van der Waals surface area contributed by atoms with Crippen LogP contribution < -0.4 is 51.4 Å². The monoisotopic (exact) mass is 527 g/mol. The third-order valence-corrected chi connectivity index (χ3v) is 5.48. The van der Waals surface area contributed by atoms with Gasteiger partial charge >= 0.3 is 35.5 Å². The second kappa shape index (κ2) is 16.9. The van der Waals surface area contributed by atoms with Gasteiger partial charge in [0.2, 0.25) is 5.91 Å². The van der Waals surface area contributed by atoms with Crippen molar-refractivity contribution in [2.24, 2.45) is 11.5 Å². The molecule has 2 atom stereocenters. The zero-order valence-corrected chi connectivity index (χ0v) is 22.3. The van der Waals surface area contributed by atoms with Gasteiger partial charge in [-0.2, -0.15) is 8.42 Å². The quantitative estimate of drug-likeness (QED) is 0.104. The molecule has 1 aliphatic rings. The Morgan fingerprint density at radius 1 is 1.14 bits per heavy atom. The standard InChI is InChI=1S/C12H25N3O3.C8H6O7S.Na/c13-5-7-17-9-11(18-8-6-14)10-3-1-2-4-12(16)15-10;9-7(10)4-1-5(8(11)12)3-6(2-4)16(13,14)15;/h10-11H,1-9,13-14H2,(H,15,16);1-3H,(H,9,10)(H,11,12)(H,13,14,15);/q;;+1/p-1. The van der Waals surface area contributed by atoms with Gasteiger partial charge in [0, 0.05) is 19.5 Å². The molecule has 0 saturated carbocycles. The third kappa shape index (κ3) is 12.8. The van der Waals surface area contributed by atoms with Crippen molar-refractivity contribution in [3.63, 3.8) is 0 Å². The minimum atomic E-state index is -4.67. The van der Waals surface area contributed by atoms with Crippen molar-refractivity contribution in [3.05, 3.63) is 29.3 Å². The minimum Gasteiger partial charge on any atom is -0.545 e. The maximum absolute atomic E-state index is 11.5. The Hall–Kier alpha value is -1.62. The number of nitrogens with two attached hydrogens (primary N) is 2. The van der Waals surface area contributed by atoms with E-state index in [2.05, 4.69) is 5.32 Å². The molecule has 1 heterocycles. The summed E-state index contributed by atoms with van der Waals surface area (Å²) in [6.45, 7) is 2.38. The zero-order chi connectivity index (χ0) is 25.7. The Bertz CT molecular complexity index is 913. The normalized spacial score (nSPS) is 16.5. The third-order valence-electron chi connectivity index (χ3n) is 4.65. The van der Waals surface area contributed by atoms with Crippen molar-refractivity contribution in [3.8, 4) is 0 Å². The van der Waals surface area contributed by atoms with Crippen molar-refractivity contribution >= 4 is 28.0 Å². The first-order chi connectivity index (χ1) is 16.0. The number of nitrogens with one attached hydrogen (secondary N) is 1. The predicted octanol–water partition coefficient (Wildman–Crippen LogP) is -4.64. The van der Waals surface area contributed by atoms with E-state index in [9.17, 15) is 27.9 Å². The molecule has 1 aromatic rings. The van der Waals surface area contributed by atoms with Crippen molar-refractivity contribution in [2.75, 3.05) is 32.9 Å². The fourth-order valence-electron chi connectivity index (χ4n) is 3.05. The molecule has 1 amide bonds. The topological polar surface area (TPSA) is 231 Å². The first-order valence-corrected chi connectivity index (χ1v) is 11.9. The molecule has 2 unspecified atom stereocenters. The number of carbonyl (C=O) groups excluding carboxylic acids is 2. The van der Waals surface area contributed by atoms with Crippen LogP contribution in [0.4, 0.5) is 0 Å². The first kappa shape index (κ1) is 33.4. The number of rotatable bonds is 11. The molecule has 0 aromatic heterocycles. The smallest absolute Gasteiger partial charge is 0.545 e. The molecule has 0 spiro atoms. The molecule has 0 bridgehead atoms. The van der Waals surface area contributed by atoms with Crippen LogP contribution in [0, 0.1) is 0 Å². The van der Waals surface area contributed by atoms with Crippen LogP contribution in [0.3, 0.4) is 0 Å². The molecule has 0 aliphatic carbocycles. The number of ether oxygens (including phenoxy) is 2. The van der Waals surface area contributed by atoms with Gasteiger partial charge < -0.3 is 41.3 Å². The molecule has 1 saturated heterocycles. The van der Waals surface area contributed by atoms with Gasteiger partial charge in [-0.3, -0.25) is 9.35 Å². The number of hydrogen-bond donors (Lipinski definition) is 5. The van der Waals surface area contributed by atoms with Gasteiger partial charge in [0.05, 0.1) is 42.3 Å². The second-order valence-corrected chi connectivity index (χ2v) is 8.72. The molecule has 2 rings (SSSR count). The molecule has 7 N–H and O–H groups in total. The molecule has 13 nitrogen and oxygen atoms in total. The van der Waals surface area contributed by atoms with Crippen molar-refractivity contribution < 1.29 is 76.6 Å². The number of carbonyl (C=O) groups is 3. The Balaban J connectivity index is 0.000000646. The number of aromatic carboxylic acids is 2. The van der Waals surface area contributed by atoms with Crippen LogP contribution in [-0.4, -0.2) is 81.0 Å². The Kier molecular flexibility index (Phi) is 16.2. The number of carboxylic acids is 2. The van der Waals surface area contributed by atoms with Crippen LogP contribution >= 0.6 is 0 Å². The summed E-state index contributed by atoms with van der Waals surface area (Å²) in [5.74, 6) is -3.17. The van der Waals surface area contributed by atoms with Crippen LogP contribution in [0.5, 0.6) is 0 Å². The fraction of sp³-hybridized carbons (Fsp3) is 0.550. The number of carboxylic acid groups (broad SMARTS) is 2. The summed E-state index contributed by atoms with van der Waals surface area (Å²) in [4.78, 5) is 31.8. The summed E-state index contributed by atoms with van der Waals surface area (Å²) in [7, 11) is -4.67. The molecule has 1 aromatic carbocycles. The van der Waals surface area contributed by atoms with E-state index >= 15 is 0 Å². The number of amides is 1. The van der Waals surface area contributed by atoms with E-state index in [-0.39, 0.29) is 47.6 Å². The predicted molar refractivity (Wildman–Crippen MR) is 117 cm³/mol. The van der Waals surface area contributed by atoms with Gasteiger partial charge in [-0.05, 0) is 36.6 Å². The van der Waals surface area contributed by atoms with Crippen LogP contribution in [0.1, 0.15) is 46.4 Å². The number of benzene rings is 1. The first-order valence-electron chi connectivity index (χ1n) is 10.5. The number of hydrogen-bond acceptors (Lipinski definition) is 10. The molecule has 192 valence electrons. The van der Waals surface area contributed by atoms with E-state index in [0.29, 0.717) is 51.5 Å². The second-order valence-electron chi connectivity index (χ2n) is 7.30. The van der Waals surface area contributed by atoms with E-state index in [4.69, 9.17) is 30.6 Å². The molecule has 1 fully saturated rings. The van der Waals surface area contributed by atoms with Gasteiger partial charge in [0.15, 0.2) is 0 Å². The Labute approximate surface area is 225 Å². The SMILES string of the molecule is NCCOCC(OCCN)C1CCCCC(=O)N1.O=C([O-])c1cc(C(=O)O)cc(S(=O)(=O)O)c1.[Na+]. The van der Waals surface area contributed by atoms with E-state index in [0.717, 1.165) is 25.3 Å². The molecule has 0 radical (unpaired) electrons. The summed E-state index contributed by atoms with van der Waals surface area (Å²) in [5.41, 5.74) is 9.61. The van der Waals surface area contributed by atoms with E-state index in [1.165, 1.54) is 0 Å². The average Bonchev–Trinajstić information content (AvgIpc) is 3.00. The molecule has 1 aliphatic heterocycles. The van der Waals surface area contributed by atoms with Crippen molar-refractivity contribution in [1.82, 2.24) is 5.32 Å². The van der Waals surface area contributed by atoms with Gasteiger partial charge in [0.1, 0.15) is 6.10 Å². The van der Waals surface area contributed by atoms with E-state index in [1.54, 1.807) is 0 Å². The summed E-state index contributed by atoms with van der Waals surface area (Å²) >= 11 is 0. The summed E-state index contributed by atoms with van der Waals surface area (Å²) in [5, 5.41) is 22.1. The average molecular weight is 528 g/mol. The summed E-state index contributed by atoms with van der Waals surface area (Å²) in [6.07, 6.45) is 3.36. The fourth-order valence-corrected chi connectivity index (χ4v) is 3.60. The maximum Gasteiger partial charge on any atom is 1.00 e. The maximum atomic E-state index is 11.5. The van der Waals surface area contributed by atoms with Gasteiger partial charge in [-0.25, -0.2) is 4.79 Å². The summed E-state index contributed by atoms with van der Waals surface area (Å²) in [6, 6.07) is 2.00. The Morgan fingerprint density at radius 3 is 2.31 bits per heavy atom. The van der Waals surface area contributed by atoms with Gasteiger partial charge in [-0.15, -0.1) is 0 Å². The minimum absolute atomic E-state index is 0. The zero-order valence-electron chi connectivity index (χ0n) is 19.5. The van der Waals surface area contributed by atoms with Gasteiger partial charge in [0.25, 0.3) is 10.1 Å². The Morgan fingerprint density at radius 2 is 1.77 bits per heavy atom. The van der Waals surface area contributed by atoms with Crippen molar-refractivity contribution in [1.29, 1.82) is 0 Å². The molecular weight excluding hydrogens is 497 g/mol. The van der Waals surface area contributed by atoms with E-state index < -0.39 is 38.1 Å². The van der Waals surface area contributed by atoms with Gasteiger partial charge in [-0.1, -0.05) is 6.42 Å².